The van der Waals surface area contributed by atoms with Crippen LogP contribution in [0.2, 0.25) is 0 Å². The number of rotatable bonds is 6. The van der Waals surface area contributed by atoms with Gasteiger partial charge in [-0.05, 0) is 69.6 Å². The van der Waals surface area contributed by atoms with Gasteiger partial charge < -0.3 is 5.32 Å². The summed E-state index contributed by atoms with van der Waals surface area (Å²) in [5.41, 5.74) is 0.892. The summed E-state index contributed by atoms with van der Waals surface area (Å²) in [6.45, 7) is 5.76. The van der Waals surface area contributed by atoms with Gasteiger partial charge in [-0.3, -0.25) is 14.5 Å². The van der Waals surface area contributed by atoms with E-state index in [0.717, 1.165) is 30.2 Å². The first-order chi connectivity index (χ1) is 15.2. The van der Waals surface area contributed by atoms with E-state index in [-0.39, 0.29) is 23.4 Å². The van der Waals surface area contributed by atoms with Gasteiger partial charge in [-0.25, -0.2) is 12.7 Å². The molecule has 2 aromatic carbocycles. The average molecular weight is 456 g/mol. The van der Waals surface area contributed by atoms with Crippen molar-refractivity contribution in [3.05, 3.63) is 65.7 Å². The minimum Gasteiger partial charge on any atom is -0.350 e. The van der Waals surface area contributed by atoms with Gasteiger partial charge in [-0.1, -0.05) is 30.3 Å². The second-order valence-corrected chi connectivity index (χ2v) is 11.0. The van der Waals surface area contributed by atoms with Crippen LogP contribution in [0.1, 0.15) is 48.7 Å². The second-order valence-electron chi connectivity index (χ2n) is 9.14. The van der Waals surface area contributed by atoms with Crippen LogP contribution in [0.5, 0.6) is 0 Å². The molecule has 2 aromatic rings. The zero-order chi connectivity index (χ0) is 22.9. The molecular weight excluding hydrogens is 426 g/mol. The van der Waals surface area contributed by atoms with Gasteiger partial charge in [0.25, 0.3) is 5.91 Å². The molecule has 1 unspecified atom stereocenters. The standard InChI is InChI=1S/C24H29N3O4S/c1-24(2)17-32(30,31)27(23(24)29)20-12-10-19(11-13-20)22(28)25-16-21(26-14-6-7-15-26)18-8-4-3-5-9-18/h3-5,8-13,21H,6-7,14-17H2,1-2H3,(H,25,28). The van der Waals surface area contributed by atoms with E-state index in [1.165, 1.54) is 17.7 Å². The molecule has 0 aliphatic carbocycles. The molecule has 2 aliphatic heterocycles. The van der Waals surface area contributed by atoms with Gasteiger partial charge in [-0.2, -0.15) is 0 Å². The molecule has 4 rings (SSSR count). The Kier molecular flexibility index (Phi) is 6.09. The highest BCUT2D eigenvalue weighted by Crippen LogP contribution is 2.35. The SMILES string of the molecule is CC1(C)CS(=O)(=O)N(c2ccc(C(=O)NCC(c3ccccc3)N3CCCC3)cc2)C1=O. The quantitative estimate of drug-likeness (QED) is 0.724. The molecule has 32 heavy (non-hydrogen) atoms. The highest BCUT2D eigenvalue weighted by Gasteiger charge is 2.49. The van der Waals surface area contributed by atoms with Crippen molar-refractivity contribution in [2.24, 2.45) is 5.41 Å². The van der Waals surface area contributed by atoms with E-state index in [2.05, 4.69) is 22.3 Å². The van der Waals surface area contributed by atoms with E-state index in [1.54, 1.807) is 26.0 Å². The van der Waals surface area contributed by atoms with Crippen LogP contribution in [0.3, 0.4) is 0 Å². The van der Waals surface area contributed by atoms with Gasteiger partial charge in [0.15, 0.2) is 0 Å². The molecule has 0 aromatic heterocycles. The zero-order valence-corrected chi connectivity index (χ0v) is 19.3. The lowest BCUT2D eigenvalue weighted by atomic mass is 9.95. The highest BCUT2D eigenvalue weighted by molar-refractivity contribution is 7.94. The van der Waals surface area contributed by atoms with Gasteiger partial charge in [0.1, 0.15) is 0 Å². The first-order valence-corrected chi connectivity index (χ1v) is 12.5. The van der Waals surface area contributed by atoms with Crippen LogP contribution in [-0.4, -0.2) is 50.5 Å². The topological polar surface area (TPSA) is 86.8 Å². The Bertz CT molecular complexity index is 1090. The smallest absolute Gasteiger partial charge is 0.251 e. The van der Waals surface area contributed by atoms with Crippen LogP contribution >= 0.6 is 0 Å². The molecule has 0 saturated carbocycles. The predicted molar refractivity (Wildman–Crippen MR) is 124 cm³/mol. The fourth-order valence-electron chi connectivity index (χ4n) is 4.49. The molecular formula is C24H29N3O4S. The summed E-state index contributed by atoms with van der Waals surface area (Å²) >= 11 is 0. The number of sulfonamides is 1. The zero-order valence-electron chi connectivity index (χ0n) is 18.5. The maximum absolute atomic E-state index is 12.8. The molecule has 1 N–H and O–H groups in total. The Balaban J connectivity index is 1.46. The Morgan fingerprint density at radius 2 is 1.66 bits per heavy atom. The monoisotopic (exact) mass is 455 g/mol. The first kappa shape index (κ1) is 22.5. The highest BCUT2D eigenvalue weighted by atomic mass is 32.2. The summed E-state index contributed by atoms with van der Waals surface area (Å²) in [6, 6.07) is 16.4. The third-order valence-corrected chi connectivity index (χ3v) is 8.19. The van der Waals surface area contributed by atoms with Gasteiger partial charge in [0, 0.05) is 12.1 Å². The number of carbonyl (C=O) groups is 2. The molecule has 0 radical (unpaired) electrons. The minimum atomic E-state index is -3.71. The molecule has 2 aliphatic rings. The van der Waals surface area contributed by atoms with Gasteiger partial charge >= 0.3 is 0 Å². The Morgan fingerprint density at radius 3 is 2.22 bits per heavy atom. The predicted octanol–water partition coefficient (Wildman–Crippen LogP) is 2.96. The Morgan fingerprint density at radius 1 is 1.03 bits per heavy atom. The van der Waals surface area contributed by atoms with Crippen LogP contribution < -0.4 is 9.62 Å². The van der Waals surface area contributed by atoms with E-state index >= 15 is 0 Å². The lowest BCUT2D eigenvalue weighted by Gasteiger charge is -2.28. The van der Waals surface area contributed by atoms with Crippen molar-refractivity contribution < 1.29 is 18.0 Å². The maximum Gasteiger partial charge on any atom is 0.251 e. The normalized spacial score (nSPS) is 20.9. The maximum atomic E-state index is 12.8. The fraction of sp³-hybridized carbons (Fsp3) is 0.417. The Hall–Kier alpha value is -2.71. The Labute approximate surface area is 189 Å². The van der Waals surface area contributed by atoms with E-state index in [1.807, 2.05) is 18.2 Å². The van der Waals surface area contributed by atoms with E-state index < -0.39 is 21.3 Å². The molecule has 170 valence electrons. The van der Waals surface area contributed by atoms with Crippen LogP contribution in [0.15, 0.2) is 54.6 Å². The molecule has 2 heterocycles. The number of hydrogen-bond acceptors (Lipinski definition) is 5. The van der Waals surface area contributed by atoms with Crippen molar-refractivity contribution in [1.82, 2.24) is 10.2 Å². The fourth-order valence-corrected chi connectivity index (χ4v) is 6.59. The van der Waals surface area contributed by atoms with E-state index in [4.69, 9.17) is 0 Å². The van der Waals surface area contributed by atoms with Crippen molar-refractivity contribution in [3.63, 3.8) is 0 Å². The van der Waals surface area contributed by atoms with Gasteiger partial charge in [0.2, 0.25) is 15.9 Å². The number of nitrogens with zero attached hydrogens (tertiary/aromatic N) is 2. The number of hydrogen-bond donors (Lipinski definition) is 1. The largest absolute Gasteiger partial charge is 0.350 e. The van der Waals surface area contributed by atoms with Crippen LogP contribution in [0, 0.1) is 5.41 Å². The number of nitrogens with one attached hydrogen (secondary N) is 1. The number of amides is 2. The van der Waals surface area contributed by atoms with Crippen LogP contribution in [0.25, 0.3) is 0 Å². The number of anilines is 1. The average Bonchev–Trinajstić information content (AvgIpc) is 3.33. The lowest BCUT2D eigenvalue weighted by molar-refractivity contribution is -0.123. The molecule has 2 fully saturated rings. The van der Waals surface area contributed by atoms with Crippen molar-refractivity contribution in [1.29, 1.82) is 0 Å². The van der Waals surface area contributed by atoms with Crippen molar-refractivity contribution in [2.45, 2.75) is 32.7 Å². The van der Waals surface area contributed by atoms with Crippen molar-refractivity contribution in [3.8, 4) is 0 Å². The summed E-state index contributed by atoms with van der Waals surface area (Å²) < 4.78 is 25.8. The summed E-state index contributed by atoms with van der Waals surface area (Å²) in [6.07, 6.45) is 2.32. The van der Waals surface area contributed by atoms with Gasteiger partial charge in [-0.15, -0.1) is 0 Å². The van der Waals surface area contributed by atoms with Crippen LogP contribution in [-0.2, 0) is 14.8 Å². The van der Waals surface area contributed by atoms with E-state index in [0.29, 0.717) is 12.1 Å². The van der Waals surface area contributed by atoms with Crippen molar-refractivity contribution in [2.75, 3.05) is 29.7 Å². The molecule has 7 nitrogen and oxygen atoms in total. The molecule has 0 spiro atoms. The van der Waals surface area contributed by atoms with Gasteiger partial charge in [0.05, 0.1) is 22.9 Å². The minimum absolute atomic E-state index is 0.108. The summed E-state index contributed by atoms with van der Waals surface area (Å²) in [4.78, 5) is 27.8. The number of likely N-dealkylation sites (tertiary alicyclic amines) is 1. The molecule has 0 bridgehead atoms. The first-order valence-electron chi connectivity index (χ1n) is 10.9. The van der Waals surface area contributed by atoms with Crippen molar-refractivity contribution >= 4 is 27.5 Å². The summed E-state index contributed by atoms with van der Waals surface area (Å²) in [7, 11) is -3.71. The molecule has 2 saturated heterocycles. The molecule has 2 amide bonds. The third-order valence-electron chi connectivity index (χ3n) is 6.17. The third kappa shape index (κ3) is 4.42. The number of carbonyl (C=O) groups excluding carboxylic acids is 2. The van der Waals surface area contributed by atoms with E-state index in [9.17, 15) is 18.0 Å². The lowest BCUT2D eigenvalue weighted by Crippen LogP contribution is -2.36. The second kappa shape index (κ2) is 8.67. The van der Waals surface area contributed by atoms with Crippen LogP contribution in [0.4, 0.5) is 5.69 Å². The summed E-state index contributed by atoms with van der Waals surface area (Å²) in [5.74, 6) is -0.906. The molecule has 8 heteroatoms. The number of benzene rings is 2. The summed E-state index contributed by atoms with van der Waals surface area (Å²) in [5, 5.41) is 3.02. The molecule has 1 atom stereocenters.